The predicted molar refractivity (Wildman–Crippen MR) is 121 cm³/mol. The number of furan rings is 1. The molecule has 0 spiro atoms. The Morgan fingerprint density at radius 2 is 2.03 bits per heavy atom. The molecule has 2 aromatic heterocycles. The molecule has 0 aliphatic carbocycles. The van der Waals surface area contributed by atoms with Crippen molar-refractivity contribution < 1.29 is 14.0 Å². The highest BCUT2D eigenvalue weighted by atomic mass is 35.5. The van der Waals surface area contributed by atoms with Gasteiger partial charge in [-0.25, -0.2) is 4.68 Å². The van der Waals surface area contributed by atoms with Crippen LogP contribution in [0.15, 0.2) is 53.1 Å². The molecule has 1 unspecified atom stereocenters. The Morgan fingerprint density at radius 3 is 2.71 bits per heavy atom. The van der Waals surface area contributed by atoms with Crippen LogP contribution >= 0.6 is 23.4 Å². The van der Waals surface area contributed by atoms with Crippen LogP contribution in [0, 0.1) is 0 Å². The standard InChI is InChI=1S/C22H23ClN4O3S/c1-22(2,3)24-20(28)18-12-31-13-26(18)21(29)16-11-17(19-8-5-9-30-19)27(25-16)15-7-4-6-14(23)10-15/h4-11,18H,12-13H2,1-3H3,(H,24,28). The van der Waals surface area contributed by atoms with E-state index in [0.29, 0.717) is 33.8 Å². The Kier molecular flexibility index (Phi) is 5.85. The van der Waals surface area contributed by atoms with Crippen LogP contribution in [0.1, 0.15) is 31.3 Å². The van der Waals surface area contributed by atoms with Gasteiger partial charge in [0.1, 0.15) is 11.7 Å². The summed E-state index contributed by atoms with van der Waals surface area (Å²) in [5, 5.41) is 8.08. The third kappa shape index (κ3) is 4.65. The number of thioether (sulfide) groups is 1. The Bertz CT molecular complexity index is 1100. The summed E-state index contributed by atoms with van der Waals surface area (Å²) in [5.41, 5.74) is 1.19. The van der Waals surface area contributed by atoms with Crippen LogP contribution < -0.4 is 5.32 Å². The molecule has 162 valence electrons. The summed E-state index contributed by atoms with van der Waals surface area (Å²) in [5.74, 6) is 1.10. The molecule has 3 heterocycles. The van der Waals surface area contributed by atoms with Crippen LogP contribution in [-0.4, -0.2) is 49.7 Å². The van der Waals surface area contributed by atoms with Crippen LogP contribution in [0.4, 0.5) is 0 Å². The smallest absolute Gasteiger partial charge is 0.275 e. The van der Waals surface area contributed by atoms with Crippen molar-refractivity contribution in [1.82, 2.24) is 20.0 Å². The molecule has 1 N–H and O–H groups in total. The van der Waals surface area contributed by atoms with Gasteiger partial charge >= 0.3 is 0 Å². The third-order valence-corrected chi connectivity index (χ3v) is 5.95. The van der Waals surface area contributed by atoms with E-state index >= 15 is 0 Å². The molecule has 1 fully saturated rings. The zero-order valence-corrected chi connectivity index (χ0v) is 19.0. The van der Waals surface area contributed by atoms with E-state index in [0.717, 1.165) is 0 Å². The summed E-state index contributed by atoms with van der Waals surface area (Å²) in [4.78, 5) is 27.7. The SMILES string of the molecule is CC(C)(C)NC(=O)C1CSCN1C(=O)c1cc(-c2ccco2)n(-c2cccc(Cl)c2)n1. The lowest BCUT2D eigenvalue weighted by molar-refractivity contribution is -0.125. The van der Waals surface area contributed by atoms with Crippen molar-refractivity contribution in [3.63, 3.8) is 0 Å². The molecule has 2 amide bonds. The molecule has 0 bridgehead atoms. The number of amides is 2. The molecule has 1 aromatic carbocycles. The van der Waals surface area contributed by atoms with Crippen LogP contribution in [-0.2, 0) is 4.79 Å². The quantitative estimate of drug-likeness (QED) is 0.633. The Morgan fingerprint density at radius 1 is 1.23 bits per heavy atom. The Hall–Kier alpha value is -2.71. The summed E-state index contributed by atoms with van der Waals surface area (Å²) in [6.45, 7) is 5.75. The summed E-state index contributed by atoms with van der Waals surface area (Å²) < 4.78 is 7.19. The zero-order chi connectivity index (χ0) is 22.2. The van der Waals surface area contributed by atoms with Crippen LogP contribution in [0.5, 0.6) is 0 Å². The van der Waals surface area contributed by atoms with Crippen molar-refractivity contribution in [2.24, 2.45) is 0 Å². The largest absolute Gasteiger partial charge is 0.463 e. The minimum atomic E-state index is -0.542. The number of nitrogens with zero attached hydrogens (tertiary/aromatic N) is 3. The van der Waals surface area contributed by atoms with E-state index < -0.39 is 6.04 Å². The molecule has 7 nitrogen and oxygen atoms in total. The molecule has 1 aliphatic heterocycles. The van der Waals surface area contributed by atoms with Gasteiger partial charge in [-0.2, -0.15) is 5.10 Å². The highest BCUT2D eigenvalue weighted by Gasteiger charge is 2.37. The molecule has 3 aromatic rings. The van der Waals surface area contributed by atoms with Crippen molar-refractivity contribution in [2.45, 2.75) is 32.4 Å². The summed E-state index contributed by atoms with van der Waals surface area (Å²) in [7, 11) is 0. The number of nitrogens with one attached hydrogen (secondary N) is 1. The molecule has 0 radical (unpaired) electrons. The minimum absolute atomic E-state index is 0.161. The summed E-state index contributed by atoms with van der Waals surface area (Å²) >= 11 is 7.71. The number of halogens is 1. The van der Waals surface area contributed by atoms with E-state index in [1.807, 2.05) is 32.9 Å². The number of hydrogen-bond donors (Lipinski definition) is 1. The fraction of sp³-hybridized carbons (Fsp3) is 0.318. The first-order chi connectivity index (χ1) is 14.7. The predicted octanol–water partition coefficient (Wildman–Crippen LogP) is 4.22. The molecule has 9 heteroatoms. The maximum absolute atomic E-state index is 13.4. The average molecular weight is 459 g/mol. The fourth-order valence-electron chi connectivity index (χ4n) is 3.35. The van der Waals surface area contributed by atoms with Gasteiger partial charge in [-0.3, -0.25) is 9.59 Å². The molecular weight excluding hydrogens is 436 g/mol. The molecule has 4 rings (SSSR count). The topological polar surface area (TPSA) is 80.4 Å². The molecule has 31 heavy (non-hydrogen) atoms. The second kappa shape index (κ2) is 8.43. The number of hydrogen-bond acceptors (Lipinski definition) is 5. The fourth-order valence-corrected chi connectivity index (χ4v) is 4.69. The van der Waals surface area contributed by atoms with Gasteiger partial charge in [0, 0.05) is 22.4 Å². The monoisotopic (exact) mass is 458 g/mol. The van der Waals surface area contributed by atoms with E-state index in [4.69, 9.17) is 16.0 Å². The minimum Gasteiger partial charge on any atom is -0.463 e. The molecule has 1 aliphatic rings. The van der Waals surface area contributed by atoms with Gasteiger partial charge < -0.3 is 14.6 Å². The van der Waals surface area contributed by atoms with Crippen molar-refractivity contribution in [3.05, 3.63) is 59.4 Å². The number of carbonyl (C=O) groups is 2. The van der Waals surface area contributed by atoms with E-state index in [1.165, 1.54) is 0 Å². The van der Waals surface area contributed by atoms with Gasteiger partial charge in [-0.05, 0) is 51.1 Å². The summed E-state index contributed by atoms with van der Waals surface area (Å²) in [6.07, 6.45) is 1.57. The molecular formula is C22H23ClN4O3S. The second-order valence-corrected chi connectivity index (χ2v) is 9.75. The maximum atomic E-state index is 13.4. The van der Waals surface area contributed by atoms with Gasteiger partial charge in [0.25, 0.3) is 5.91 Å². The van der Waals surface area contributed by atoms with Crippen molar-refractivity contribution in [2.75, 3.05) is 11.6 Å². The van der Waals surface area contributed by atoms with Gasteiger partial charge in [-0.15, -0.1) is 11.8 Å². The van der Waals surface area contributed by atoms with Gasteiger partial charge in [-0.1, -0.05) is 17.7 Å². The van der Waals surface area contributed by atoms with E-state index in [1.54, 1.807) is 57.9 Å². The molecule has 0 saturated carbocycles. The Labute approximate surface area is 189 Å². The number of aromatic nitrogens is 2. The number of rotatable bonds is 4. The highest BCUT2D eigenvalue weighted by Crippen LogP contribution is 2.28. The van der Waals surface area contributed by atoms with Crippen LogP contribution in [0.2, 0.25) is 5.02 Å². The van der Waals surface area contributed by atoms with Gasteiger partial charge in [0.15, 0.2) is 11.5 Å². The van der Waals surface area contributed by atoms with Crippen molar-refractivity contribution in [1.29, 1.82) is 0 Å². The van der Waals surface area contributed by atoms with Crippen LogP contribution in [0.25, 0.3) is 17.1 Å². The Balaban J connectivity index is 1.69. The van der Waals surface area contributed by atoms with Gasteiger partial charge in [0.2, 0.25) is 5.91 Å². The van der Waals surface area contributed by atoms with E-state index in [2.05, 4.69) is 10.4 Å². The van der Waals surface area contributed by atoms with Crippen LogP contribution in [0.3, 0.4) is 0 Å². The van der Waals surface area contributed by atoms with E-state index in [9.17, 15) is 9.59 Å². The average Bonchev–Trinajstić information content (AvgIpc) is 3.45. The third-order valence-electron chi connectivity index (χ3n) is 4.70. The van der Waals surface area contributed by atoms with Crippen molar-refractivity contribution >= 4 is 35.2 Å². The summed E-state index contributed by atoms with van der Waals surface area (Å²) in [6, 6.07) is 11.9. The maximum Gasteiger partial charge on any atom is 0.275 e. The van der Waals surface area contributed by atoms with Gasteiger partial charge in [0.05, 0.1) is 17.8 Å². The zero-order valence-electron chi connectivity index (χ0n) is 17.5. The first-order valence-electron chi connectivity index (χ1n) is 9.83. The second-order valence-electron chi connectivity index (χ2n) is 8.31. The lowest BCUT2D eigenvalue weighted by atomic mass is 10.1. The highest BCUT2D eigenvalue weighted by molar-refractivity contribution is 7.99. The first kappa shape index (κ1) is 21.5. The van der Waals surface area contributed by atoms with Crippen molar-refractivity contribution in [3.8, 4) is 17.1 Å². The number of benzene rings is 1. The first-order valence-corrected chi connectivity index (χ1v) is 11.4. The lowest BCUT2D eigenvalue weighted by Crippen LogP contribution is -2.52. The molecule has 1 atom stereocenters. The number of carbonyl (C=O) groups excluding carboxylic acids is 2. The molecule has 1 saturated heterocycles. The van der Waals surface area contributed by atoms with E-state index in [-0.39, 0.29) is 23.0 Å². The normalized spacial score (nSPS) is 16.5. The lowest BCUT2D eigenvalue weighted by Gasteiger charge is -2.27.